The van der Waals surface area contributed by atoms with Gasteiger partial charge in [0.2, 0.25) is 0 Å². The third kappa shape index (κ3) is 1.61. The Bertz CT molecular complexity index is 701. The van der Waals surface area contributed by atoms with Gasteiger partial charge < -0.3 is 5.11 Å². The van der Waals surface area contributed by atoms with Gasteiger partial charge in [-0.2, -0.15) is 0 Å². The van der Waals surface area contributed by atoms with E-state index >= 15 is 0 Å². The van der Waals surface area contributed by atoms with Crippen LogP contribution in [0.2, 0.25) is 0 Å². The molecule has 20 heavy (non-hydrogen) atoms. The SMILES string of the molecule is Cc1cc(C)c2c(c1O)C(=O)[C@@](C)(c1ccccc1)C2. The first-order chi connectivity index (χ1) is 9.45. The van der Waals surface area contributed by atoms with Crippen LogP contribution in [0, 0.1) is 13.8 Å². The molecule has 0 saturated heterocycles. The van der Waals surface area contributed by atoms with Gasteiger partial charge in [0.25, 0.3) is 0 Å². The zero-order valence-corrected chi connectivity index (χ0v) is 12.0. The summed E-state index contributed by atoms with van der Waals surface area (Å²) in [5.41, 5.74) is 3.81. The van der Waals surface area contributed by atoms with Crippen LogP contribution in [0.5, 0.6) is 5.75 Å². The van der Waals surface area contributed by atoms with Crippen molar-refractivity contribution in [3.63, 3.8) is 0 Å². The smallest absolute Gasteiger partial charge is 0.177 e. The van der Waals surface area contributed by atoms with E-state index in [1.165, 1.54) is 0 Å². The minimum atomic E-state index is -0.570. The van der Waals surface area contributed by atoms with Crippen LogP contribution in [0.3, 0.4) is 0 Å². The Morgan fingerprint density at radius 1 is 1.10 bits per heavy atom. The van der Waals surface area contributed by atoms with Crippen LogP contribution >= 0.6 is 0 Å². The second-order valence-electron chi connectivity index (χ2n) is 5.92. The van der Waals surface area contributed by atoms with Gasteiger partial charge in [0, 0.05) is 0 Å². The first-order valence-corrected chi connectivity index (χ1v) is 6.87. The maximum atomic E-state index is 12.9. The van der Waals surface area contributed by atoms with Crippen LogP contribution in [0.15, 0.2) is 36.4 Å². The van der Waals surface area contributed by atoms with Crippen LogP contribution in [0.4, 0.5) is 0 Å². The van der Waals surface area contributed by atoms with Crippen molar-refractivity contribution in [2.45, 2.75) is 32.6 Å². The highest BCUT2D eigenvalue weighted by atomic mass is 16.3. The van der Waals surface area contributed by atoms with Crippen LogP contribution in [-0.4, -0.2) is 10.9 Å². The summed E-state index contributed by atoms with van der Waals surface area (Å²) < 4.78 is 0. The molecule has 102 valence electrons. The van der Waals surface area contributed by atoms with Gasteiger partial charge in [-0.05, 0) is 49.4 Å². The van der Waals surface area contributed by atoms with Crippen LogP contribution in [0.25, 0.3) is 0 Å². The number of phenolic OH excluding ortho intramolecular Hbond substituents is 1. The van der Waals surface area contributed by atoms with E-state index in [-0.39, 0.29) is 11.5 Å². The van der Waals surface area contributed by atoms with E-state index in [0.29, 0.717) is 12.0 Å². The summed E-state index contributed by atoms with van der Waals surface area (Å²) in [6.45, 7) is 5.82. The molecule has 3 rings (SSSR count). The number of benzene rings is 2. The van der Waals surface area contributed by atoms with Crippen molar-refractivity contribution in [1.82, 2.24) is 0 Å². The van der Waals surface area contributed by atoms with Crippen molar-refractivity contribution in [1.29, 1.82) is 0 Å². The molecule has 0 unspecified atom stereocenters. The number of aryl methyl sites for hydroxylation is 2. The van der Waals surface area contributed by atoms with E-state index in [1.54, 1.807) is 0 Å². The molecule has 0 bridgehead atoms. The first-order valence-electron chi connectivity index (χ1n) is 6.87. The standard InChI is InChI=1S/C18H18O2/c1-11-9-12(2)16(19)15-14(11)10-18(3,17(15)20)13-7-5-4-6-8-13/h4-9,19H,10H2,1-3H3/t18-/m1/s1. The summed E-state index contributed by atoms with van der Waals surface area (Å²) in [5, 5.41) is 10.3. The third-order valence-corrected chi connectivity index (χ3v) is 4.49. The van der Waals surface area contributed by atoms with Crippen LogP contribution in [0.1, 0.15) is 39.5 Å². The van der Waals surface area contributed by atoms with E-state index in [9.17, 15) is 9.90 Å². The maximum Gasteiger partial charge on any atom is 0.177 e. The highest BCUT2D eigenvalue weighted by molar-refractivity contribution is 6.10. The van der Waals surface area contributed by atoms with Gasteiger partial charge in [0.1, 0.15) is 5.75 Å². The number of fused-ring (bicyclic) bond motifs is 1. The number of ketones is 1. The zero-order valence-electron chi connectivity index (χ0n) is 12.0. The van der Waals surface area contributed by atoms with Crippen molar-refractivity contribution in [3.05, 3.63) is 64.2 Å². The van der Waals surface area contributed by atoms with E-state index < -0.39 is 5.41 Å². The molecule has 1 aliphatic carbocycles. The lowest BCUT2D eigenvalue weighted by atomic mass is 9.79. The lowest BCUT2D eigenvalue weighted by molar-refractivity contribution is 0.0913. The van der Waals surface area contributed by atoms with Crippen LogP contribution < -0.4 is 0 Å². The average molecular weight is 266 g/mol. The molecule has 2 aromatic carbocycles. The number of hydrogen-bond acceptors (Lipinski definition) is 2. The van der Waals surface area contributed by atoms with Crippen molar-refractivity contribution in [2.24, 2.45) is 0 Å². The molecule has 0 amide bonds. The zero-order chi connectivity index (χ0) is 14.5. The number of hydrogen-bond donors (Lipinski definition) is 1. The summed E-state index contributed by atoms with van der Waals surface area (Å²) in [7, 11) is 0. The number of carbonyl (C=O) groups excluding carboxylic acids is 1. The van der Waals surface area contributed by atoms with Gasteiger partial charge >= 0.3 is 0 Å². The molecule has 2 heteroatoms. The molecule has 0 aromatic heterocycles. The van der Waals surface area contributed by atoms with Gasteiger partial charge in [-0.3, -0.25) is 4.79 Å². The quantitative estimate of drug-likeness (QED) is 0.854. The molecule has 0 aliphatic heterocycles. The predicted octanol–water partition coefficient (Wildman–Crippen LogP) is 3.71. The highest BCUT2D eigenvalue weighted by Crippen LogP contribution is 2.45. The summed E-state index contributed by atoms with van der Waals surface area (Å²) in [6.07, 6.45) is 0.658. The largest absolute Gasteiger partial charge is 0.507 e. The fourth-order valence-electron chi connectivity index (χ4n) is 3.24. The molecule has 0 fully saturated rings. The van der Waals surface area contributed by atoms with Gasteiger partial charge in [0.05, 0.1) is 11.0 Å². The Hall–Kier alpha value is -2.09. The predicted molar refractivity (Wildman–Crippen MR) is 79.4 cm³/mol. The topological polar surface area (TPSA) is 37.3 Å². The second kappa shape index (κ2) is 4.20. The second-order valence-corrected chi connectivity index (χ2v) is 5.92. The molecule has 0 radical (unpaired) electrons. The Kier molecular flexibility index (Phi) is 2.72. The number of aromatic hydroxyl groups is 1. The number of carbonyl (C=O) groups is 1. The Morgan fingerprint density at radius 3 is 2.40 bits per heavy atom. The average Bonchev–Trinajstić information content (AvgIpc) is 2.72. The maximum absolute atomic E-state index is 12.9. The molecule has 0 saturated carbocycles. The minimum Gasteiger partial charge on any atom is -0.507 e. The monoisotopic (exact) mass is 266 g/mol. The van der Waals surface area contributed by atoms with Crippen LogP contribution in [-0.2, 0) is 11.8 Å². The number of Topliss-reactive ketones (excluding diaryl/α,β-unsaturated/α-hetero) is 1. The summed E-state index contributed by atoms with van der Waals surface area (Å²) >= 11 is 0. The Balaban J connectivity index is 2.21. The highest BCUT2D eigenvalue weighted by Gasteiger charge is 2.45. The van der Waals surface area contributed by atoms with Crippen molar-refractivity contribution < 1.29 is 9.90 Å². The number of rotatable bonds is 1. The van der Waals surface area contributed by atoms with E-state index in [2.05, 4.69) is 0 Å². The molecule has 1 atom stereocenters. The van der Waals surface area contributed by atoms with E-state index in [1.807, 2.05) is 57.2 Å². The lowest BCUT2D eigenvalue weighted by Crippen LogP contribution is -2.29. The van der Waals surface area contributed by atoms with Crippen molar-refractivity contribution in [3.8, 4) is 5.75 Å². The van der Waals surface area contributed by atoms with Gasteiger partial charge in [-0.1, -0.05) is 36.4 Å². The van der Waals surface area contributed by atoms with Crippen molar-refractivity contribution in [2.75, 3.05) is 0 Å². The summed E-state index contributed by atoms with van der Waals surface area (Å²) in [6, 6.07) is 11.8. The molecule has 2 nitrogen and oxygen atoms in total. The van der Waals surface area contributed by atoms with Gasteiger partial charge in [0.15, 0.2) is 5.78 Å². The molecular weight excluding hydrogens is 248 g/mol. The molecule has 2 aromatic rings. The fraction of sp³-hybridized carbons (Fsp3) is 0.278. The third-order valence-electron chi connectivity index (χ3n) is 4.49. The molecular formula is C18H18O2. The fourth-order valence-corrected chi connectivity index (χ4v) is 3.24. The minimum absolute atomic E-state index is 0.0306. The van der Waals surface area contributed by atoms with Gasteiger partial charge in [-0.15, -0.1) is 0 Å². The van der Waals surface area contributed by atoms with Gasteiger partial charge in [-0.25, -0.2) is 0 Å². The summed E-state index contributed by atoms with van der Waals surface area (Å²) in [4.78, 5) is 12.9. The first kappa shape index (κ1) is 12.9. The van der Waals surface area contributed by atoms with E-state index in [0.717, 1.165) is 22.3 Å². The normalized spacial score (nSPS) is 21.1. The number of phenols is 1. The van der Waals surface area contributed by atoms with E-state index in [4.69, 9.17) is 0 Å². The molecule has 1 N–H and O–H groups in total. The summed E-state index contributed by atoms with van der Waals surface area (Å²) in [5.74, 6) is 0.179. The Labute approximate surface area is 119 Å². The Morgan fingerprint density at radius 2 is 1.75 bits per heavy atom. The lowest BCUT2D eigenvalue weighted by Gasteiger charge is -2.22. The van der Waals surface area contributed by atoms with Crippen molar-refractivity contribution >= 4 is 5.78 Å². The molecule has 0 heterocycles. The molecule has 0 spiro atoms. The molecule has 1 aliphatic rings.